The zero-order valence-electron chi connectivity index (χ0n) is 6.12. The Balaban J connectivity index is 2.12. The molecular weight excluding hydrogens is 160 g/mol. The first-order valence-electron chi connectivity index (χ1n) is 3.44. The summed E-state index contributed by atoms with van der Waals surface area (Å²) in [6.07, 6.45) is 7.25. The third kappa shape index (κ3) is 3.28. The lowest BCUT2D eigenvalue weighted by Gasteiger charge is -1.95. The van der Waals surface area contributed by atoms with Crippen molar-refractivity contribution in [2.45, 2.75) is 6.42 Å². The predicted octanol–water partition coefficient (Wildman–Crippen LogP) is 1.69. The van der Waals surface area contributed by atoms with Crippen molar-refractivity contribution in [2.24, 2.45) is 0 Å². The normalized spacial score (nSPS) is 15.1. The van der Waals surface area contributed by atoms with Gasteiger partial charge in [0.15, 0.2) is 0 Å². The molecule has 1 aliphatic rings. The van der Waals surface area contributed by atoms with Crippen LogP contribution in [-0.2, 0) is 4.79 Å². The molecule has 60 valence electrons. The molecule has 0 amide bonds. The molecule has 3 heteroatoms. The summed E-state index contributed by atoms with van der Waals surface area (Å²) in [5.41, 5.74) is 1.25. The molecule has 0 unspecified atom stereocenters. The summed E-state index contributed by atoms with van der Waals surface area (Å²) in [6.45, 7) is 0. The van der Waals surface area contributed by atoms with Crippen LogP contribution in [0.3, 0.4) is 0 Å². The van der Waals surface area contributed by atoms with Crippen LogP contribution in [0.1, 0.15) is 6.42 Å². The molecule has 0 aromatic rings. The standard InChI is InChI=1S/C8H10O2S/c9-8(10)6-11-5-7-3-1-2-4-7/h1,3-4H,2,5-6H2,(H,9,10). The first-order chi connectivity index (χ1) is 5.29. The molecule has 11 heavy (non-hydrogen) atoms. The maximum atomic E-state index is 10.1. The smallest absolute Gasteiger partial charge is 0.313 e. The van der Waals surface area contributed by atoms with Crippen LogP contribution in [0.25, 0.3) is 0 Å². The van der Waals surface area contributed by atoms with Crippen LogP contribution in [0.5, 0.6) is 0 Å². The fourth-order valence-electron chi connectivity index (χ4n) is 0.870. The highest BCUT2D eigenvalue weighted by Gasteiger charge is 2.00. The number of carboxylic acids is 1. The lowest BCUT2D eigenvalue weighted by atomic mass is 10.3. The van der Waals surface area contributed by atoms with E-state index in [1.54, 1.807) is 0 Å². The third-order valence-electron chi connectivity index (χ3n) is 1.34. The molecular formula is C8H10O2S. The SMILES string of the molecule is O=C(O)CSCC1=CCC=C1. The number of carboxylic acid groups (broad SMARTS) is 1. The molecule has 2 nitrogen and oxygen atoms in total. The molecule has 0 saturated carbocycles. The maximum Gasteiger partial charge on any atom is 0.313 e. The fraction of sp³-hybridized carbons (Fsp3) is 0.375. The minimum Gasteiger partial charge on any atom is -0.481 e. The predicted molar refractivity (Wildman–Crippen MR) is 46.8 cm³/mol. The number of hydrogen-bond donors (Lipinski definition) is 1. The zero-order valence-corrected chi connectivity index (χ0v) is 6.93. The van der Waals surface area contributed by atoms with Crippen LogP contribution in [0.15, 0.2) is 23.8 Å². The minimum absolute atomic E-state index is 0.200. The Morgan fingerprint density at radius 3 is 3.09 bits per heavy atom. The van der Waals surface area contributed by atoms with Gasteiger partial charge in [0.2, 0.25) is 0 Å². The maximum absolute atomic E-state index is 10.1. The molecule has 0 radical (unpaired) electrons. The summed E-state index contributed by atoms with van der Waals surface area (Å²) < 4.78 is 0. The van der Waals surface area contributed by atoms with Crippen molar-refractivity contribution in [3.05, 3.63) is 23.8 Å². The van der Waals surface area contributed by atoms with Gasteiger partial charge in [-0.3, -0.25) is 4.79 Å². The summed E-state index contributed by atoms with van der Waals surface area (Å²) in [7, 11) is 0. The number of hydrogen-bond acceptors (Lipinski definition) is 2. The lowest BCUT2D eigenvalue weighted by Crippen LogP contribution is -1.98. The van der Waals surface area contributed by atoms with Crippen molar-refractivity contribution in [1.82, 2.24) is 0 Å². The topological polar surface area (TPSA) is 37.3 Å². The second-order valence-electron chi connectivity index (χ2n) is 2.30. The monoisotopic (exact) mass is 170 g/mol. The first kappa shape index (κ1) is 8.40. The van der Waals surface area contributed by atoms with E-state index in [9.17, 15) is 4.79 Å². The van der Waals surface area contributed by atoms with Gasteiger partial charge in [0.25, 0.3) is 0 Å². The number of thioether (sulfide) groups is 1. The summed E-state index contributed by atoms with van der Waals surface area (Å²) >= 11 is 1.44. The van der Waals surface area contributed by atoms with Gasteiger partial charge in [0.05, 0.1) is 5.75 Å². The van der Waals surface area contributed by atoms with E-state index in [0.717, 1.165) is 12.2 Å². The van der Waals surface area contributed by atoms with Crippen molar-refractivity contribution in [3.8, 4) is 0 Å². The van der Waals surface area contributed by atoms with E-state index in [4.69, 9.17) is 5.11 Å². The summed E-state index contributed by atoms with van der Waals surface area (Å²) in [5, 5.41) is 8.33. The average molecular weight is 170 g/mol. The van der Waals surface area contributed by atoms with E-state index >= 15 is 0 Å². The molecule has 0 bridgehead atoms. The molecule has 0 saturated heterocycles. The van der Waals surface area contributed by atoms with Gasteiger partial charge >= 0.3 is 5.97 Å². The van der Waals surface area contributed by atoms with Gasteiger partial charge in [-0.25, -0.2) is 0 Å². The largest absolute Gasteiger partial charge is 0.481 e. The van der Waals surface area contributed by atoms with E-state index in [1.807, 2.05) is 0 Å². The Bertz CT molecular complexity index is 206. The van der Waals surface area contributed by atoms with Crippen LogP contribution in [-0.4, -0.2) is 22.6 Å². The van der Waals surface area contributed by atoms with E-state index in [2.05, 4.69) is 18.2 Å². The molecule has 0 aromatic carbocycles. The molecule has 0 heterocycles. The highest BCUT2D eigenvalue weighted by molar-refractivity contribution is 8.00. The third-order valence-corrected chi connectivity index (χ3v) is 2.33. The van der Waals surface area contributed by atoms with Gasteiger partial charge in [-0.1, -0.05) is 18.2 Å². The van der Waals surface area contributed by atoms with Gasteiger partial charge in [0.1, 0.15) is 0 Å². The Hall–Kier alpha value is -0.700. The molecule has 0 atom stereocenters. The van der Waals surface area contributed by atoms with Crippen molar-refractivity contribution in [1.29, 1.82) is 0 Å². The second kappa shape index (κ2) is 4.23. The summed E-state index contributed by atoms with van der Waals surface area (Å²) in [5.74, 6) is 0.283. The minimum atomic E-state index is -0.738. The molecule has 1 N–H and O–H groups in total. The van der Waals surface area contributed by atoms with Crippen LogP contribution in [0.2, 0.25) is 0 Å². The molecule has 1 rings (SSSR count). The number of carbonyl (C=O) groups is 1. The van der Waals surface area contributed by atoms with Gasteiger partial charge in [-0.2, -0.15) is 0 Å². The van der Waals surface area contributed by atoms with Gasteiger partial charge in [-0.15, -0.1) is 11.8 Å². The Kier molecular flexibility index (Phi) is 3.23. The first-order valence-corrected chi connectivity index (χ1v) is 4.59. The Labute approximate surface area is 70.0 Å². The summed E-state index contributed by atoms with van der Waals surface area (Å²) in [6, 6.07) is 0. The molecule has 0 fully saturated rings. The van der Waals surface area contributed by atoms with E-state index in [1.165, 1.54) is 17.3 Å². The number of aliphatic carboxylic acids is 1. The van der Waals surface area contributed by atoms with E-state index in [0.29, 0.717) is 0 Å². The van der Waals surface area contributed by atoms with Crippen molar-refractivity contribution < 1.29 is 9.90 Å². The molecule has 0 aliphatic heterocycles. The molecule has 0 aromatic heterocycles. The molecule has 0 spiro atoms. The van der Waals surface area contributed by atoms with Crippen LogP contribution < -0.4 is 0 Å². The highest BCUT2D eigenvalue weighted by Crippen LogP contribution is 2.14. The van der Waals surface area contributed by atoms with Crippen molar-refractivity contribution in [3.63, 3.8) is 0 Å². The van der Waals surface area contributed by atoms with Gasteiger partial charge < -0.3 is 5.11 Å². The number of allylic oxidation sites excluding steroid dienone is 3. The zero-order chi connectivity index (χ0) is 8.10. The quantitative estimate of drug-likeness (QED) is 0.697. The average Bonchev–Trinajstić information content (AvgIpc) is 2.39. The van der Waals surface area contributed by atoms with Crippen LogP contribution in [0, 0.1) is 0 Å². The Morgan fingerprint density at radius 2 is 2.55 bits per heavy atom. The van der Waals surface area contributed by atoms with E-state index < -0.39 is 5.97 Å². The fourth-order valence-corrected chi connectivity index (χ4v) is 1.60. The Morgan fingerprint density at radius 1 is 1.73 bits per heavy atom. The molecule has 1 aliphatic carbocycles. The van der Waals surface area contributed by atoms with Gasteiger partial charge in [-0.05, 0) is 12.0 Å². The second-order valence-corrected chi connectivity index (χ2v) is 3.29. The van der Waals surface area contributed by atoms with Crippen LogP contribution in [0.4, 0.5) is 0 Å². The highest BCUT2D eigenvalue weighted by atomic mass is 32.2. The lowest BCUT2D eigenvalue weighted by molar-refractivity contribution is -0.133. The summed E-state index contributed by atoms with van der Waals surface area (Å²) in [4.78, 5) is 10.1. The van der Waals surface area contributed by atoms with Crippen molar-refractivity contribution >= 4 is 17.7 Å². The van der Waals surface area contributed by atoms with Crippen molar-refractivity contribution in [2.75, 3.05) is 11.5 Å². The van der Waals surface area contributed by atoms with E-state index in [-0.39, 0.29) is 5.75 Å². The number of rotatable bonds is 4. The van der Waals surface area contributed by atoms with Gasteiger partial charge in [0, 0.05) is 5.75 Å². The van der Waals surface area contributed by atoms with Crippen LogP contribution >= 0.6 is 11.8 Å².